The topological polar surface area (TPSA) is 49.0 Å². The van der Waals surface area contributed by atoms with Gasteiger partial charge in [-0.15, -0.1) is 0 Å². The van der Waals surface area contributed by atoms with Gasteiger partial charge in [0.1, 0.15) is 5.01 Å². The number of hydrogen-bond donors (Lipinski definition) is 1. The zero-order chi connectivity index (χ0) is 15.6. The average Bonchev–Trinajstić information content (AvgIpc) is 3.00. The molecular formula is C18H17N3OS. The van der Waals surface area contributed by atoms with Crippen LogP contribution in [0.25, 0.3) is 0 Å². The van der Waals surface area contributed by atoms with E-state index in [1.54, 1.807) is 0 Å². The highest BCUT2D eigenvalue weighted by atomic mass is 32.1. The number of benzene rings is 2. The summed E-state index contributed by atoms with van der Waals surface area (Å²) < 4.78 is 0. The van der Waals surface area contributed by atoms with Crippen LogP contribution >= 0.6 is 11.3 Å². The number of nitrogens with zero attached hydrogens (tertiary/aromatic N) is 2. The van der Waals surface area contributed by atoms with E-state index in [9.17, 15) is 4.79 Å². The lowest BCUT2D eigenvalue weighted by Crippen LogP contribution is -2.33. The minimum atomic E-state index is -0.0861. The Morgan fingerprint density at radius 1 is 1.13 bits per heavy atom. The van der Waals surface area contributed by atoms with E-state index >= 15 is 0 Å². The van der Waals surface area contributed by atoms with Gasteiger partial charge in [-0.3, -0.25) is 9.69 Å². The molecule has 0 saturated carbocycles. The summed E-state index contributed by atoms with van der Waals surface area (Å²) in [5, 5.41) is 7.46. The molecule has 4 nitrogen and oxygen atoms in total. The minimum Gasteiger partial charge on any atom is -0.291 e. The van der Waals surface area contributed by atoms with Crippen molar-refractivity contribution in [2.75, 3.05) is 6.54 Å². The van der Waals surface area contributed by atoms with E-state index in [0.29, 0.717) is 12.5 Å². The lowest BCUT2D eigenvalue weighted by Gasteiger charge is -2.34. The summed E-state index contributed by atoms with van der Waals surface area (Å²) in [5.74, 6) is 0.358. The van der Waals surface area contributed by atoms with E-state index in [1.165, 1.54) is 28.0 Å². The van der Waals surface area contributed by atoms with Crippen molar-refractivity contribution in [3.8, 4) is 0 Å². The highest BCUT2D eigenvalue weighted by Gasteiger charge is 2.26. The van der Waals surface area contributed by atoms with E-state index < -0.39 is 0 Å². The molecule has 23 heavy (non-hydrogen) atoms. The Hall–Kier alpha value is -2.24. The lowest BCUT2D eigenvalue weighted by atomic mass is 9.85. The van der Waals surface area contributed by atoms with Gasteiger partial charge in [-0.2, -0.15) is 5.10 Å². The Bertz CT molecular complexity index is 856. The summed E-state index contributed by atoms with van der Waals surface area (Å²) >= 11 is 1.20. The van der Waals surface area contributed by atoms with Crippen molar-refractivity contribution < 1.29 is 0 Å². The molecule has 2 heterocycles. The lowest BCUT2D eigenvalue weighted by molar-refractivity contribution is 0.231. The van der Waals surface area contributed by atoms with E-state index in [1.807, 2.05) is 0 Å². The molecule has 0 unspecified atom stereocenters. The summed E-state index contributed by atoms with van der Waals surface area (Å²) in [5.41, 5.74) is 4.10. The molecule has 3 aromatic rings. The second-order valence-corrected chi connectivity index (χ2v) is 6.88. The first-order valence-electron chi connectivity index (χ1n) is 7.69. The molecule has 4 rings (SSSR count). The number of H-pyrrole nitrogens is 1. The summed E-state index contributed by atoms with van der Waals surface area (Å²) in [4.78, 5) is 13.6. The third kappa shape index (κ3) is 2.98. The molecular weight excluding hydrogens is 306 g/mol. The van der Waals surface area contributed by atoms with Gasteiger partial charge in [0.2, 0.25) is 0 Å². The maximum Gasteiger partial charge on any atom is 0.322 e. The zero-order valence-corrected chi connectivity index (χ0v) is 13.4. The van der Waals surface area contributed by atoms with E-state index in [0.717, 1.165) is 18.1 Å². The number of hydrogen-bond acceptors (Lipinski definition) is 4. The van der Waals surface area contributed by atoms with Crippen LogP contribution in [0.1, 0.15) is 27.6 Å². The van der Waals surface area contributed by atoms with Crippen molar-refractivity contribution in [1.29, 1.82) is 0 Å². The van der Waals surface area contributed by atoms with Gasteiger partial charge in [-0.25, -0.2) is 5.10 Å². The van der Waals surface area contributed by atoms with Gasteiger partial charge < -0.3 is 0 Å². The fourth-order valence-corrected chi connectivity index (χ4v) is 3.93. The van der Waals surface area contributed by atoms with Crippen molar-refractivity contribution >= 4 is 11.3 Å². The van der Waals surface area contributed by atoms with E-state index in [2.05, 4.69) is 69.7 Å². The van der Waals surface area contributed by atoms with Crippen molar-refractivity contribution in [1.82, 2.24) is 15.1 Å². The van der Waals surface area contributed by atoms with Crippen molar-refractivity contribution in [2.24, 2.45) is 0 Å². The number of rotatable bonds is 3. The van der Waals surface area contributed by atoms with Crippen LogP contribution in [-0.2, 0) is 13.1 Å². The normalized spacial score (nSPS) is 17.8. The first-order chi connectivity index (χ1) is 11.3. The van der Waals surface area contributed by atoms with Crippen LogP contribution in [0.15, 0.2) is 59.4 Å². The molecule has 0 fully saturated rings. The number of fused-ring (bicyclic) bond motifs is 1. The average molecular weight is 323 g/mol. The Balaban J connectivity index is 1.67. The van der Waals surface area contributed by atoms with E-state index in [4.69, 9.17) is 0 Å². The van der Waals surface area contributed by atoms with Crippen molar-refractivity contribution in [3.05, 3.63) is 86.0 Å². The Labute approximate surface area is 138 Å². The third-order valence-corrected chi connectivity index (χ3v) is 5.04. The predicted octanol–water partition coefficient (Wildman–Crippen LogP) is 2.98. The Morgan fingerprint density at radius 3 is 2.70 bits per heavy atom. The van der Waals surface area contributed by atoms with Crippen LogP contribution in [-0.4, -0.2) is 21.6 Å². The molecule has 0 radical (unpaired) electrons. The molecule has 116 valence electrons. The monoisotopic (exact) mass is 323 g/mol. The van der Waals surface area contributed by atoms with Gasteiger partial charge in [0, 0.05) is 19.0 Å². The van der Waals surface area contributed by atoms with Crippen LogP contribution in [0.4, 0.5) is 0 Å². The Morgan fingerprint density at radius 2 is 1.91 bits per heavy atom. The quantitative estimate of drug-likeness (QED) is 0.806. The molecule has 1 aliphatic rings. The molecule has 1 N–H and O–H groups in total. The summed E-state index contributed by atoms with van der Waals surface area (Å²) in [6.07, 6.45) is 0. The standard InChI is InChI=1S/C18H17N3OS/c22-18-20-19-17(23-18)12-21-10-14-8-4-5-9-15(14)16(11-21)13-6-2-1-3-7-13/h1-9,16H,10-12H2,(H,20,22)/t16-/m1/s1. The first kappa shape index (κ1) is 14.4. The molecule has 1 aliphatic heterocycles. The summed E-state index contributed by atoms with van der Waals surface area (Å²) in [6, 6.07) is 19.3. The van der Waals surface area contributed by atoms with Crippen LogP contribution in [0.5, 0.6) is 0 Å². The molecule has 1 atom stereocenters. The summed E-state index contributed by atoms with van der Waals surface area (Å²) in [7, 11) is 0. The van der Waals surface area contributed by atoms with E-state index in [-0.39, 0.29) is 4.87 Å². The van der Waals surface area contributed by atoms with Gasteiger partial charge in [-0.05, 0) is 16.7 Å². The largest absolute Gasteiger partial charge is 0.322 e. The van der Waals surface area contributed by atoms with Gasteiger partial charge in [0.05, 0.1) is 6.54 Å². The highest BCUT2D eigenvalue weighted by Crippen LogP contribution is 2.33. The smallest absolute Gasteiger partial charge is 0.291 e. The molecule has 0 aliphatic carbocycles. The fourth-order valence-electron chi connectivity index (χ4n) is 3.29. The maximum atomic E-state index is 11.3. The molecule has 0 saturated heterocycles. The molecule has 0 spiro atoms. The molecule has 2 aromatic carbocycles. The van der Waals surface area contributed by atoms with Crippen LogP contribution in [0, 0.1) is 0 Å². The van der Waals surface area contributed by atoms with Crippen molar-refractivity contribution in [2.45, 2.75) is 19.0 Å². The SMILES string of the molecule is O=c1[nH]nc(CN2Cc3ccccc3[C@@H](c3ccccc3)C2)s1. The van der Waals surface area contributed by atoms with Gasteiger partial charge >= 0.3 is 4.87 Å². The van der Waals surface area contributed by atoms with Crippen molar-refractivity contribution in [3.63, 3.8) is 0 Å². The van der Waals surface area contributed by atoms with Crippen LogP contribution in [0.3, 0.4) is 0 Å². The third-order valence-electron chi connectivity index (χ3n) is 4.31. The molecule has 1 aromatic heterocycles. The number of aromatic amines is 1. The minimum absolute atomic E-state index is 0.0861. The zero-order valence-electron chi connectivity index (χ0n) is 12.6. The Kier molecular flexibility index (Phi) is 3.81. The first-order valence-corrected chi connectivity index (χ1v) is 8.51. The van der Waals surface area contributed by atoms with Crippen LogP contribution < -0.4 is 4.87 Å². The van der Waals surface area contributed by atoms with Gasteiger partial charge in [0.15, 0.2) is 0 Å². The number of nitrogens with one attached hydrogen (secondary N) is 1. The van der Waals surface area contributed by atoms with Gasteiger partial charge in [0.25, 0.3) is 0 Å². The molecule has 0 bridgehead atoms. The maximum absolute atomic E-state index is 11.3. The fraction of sp³-hybridized carbons (Fsp3) is 0.222. The summed E-state index contributed by atoms with van der Waals surface area (Å²) in [6.45, 7) is 2.54. The highest BCUT2D eigenvalue weighted by molar-refractivity contribution is 7.08. The van der Waals surface area contributed by atoms with Crippen LogP contribution in [0.2, 0.25) is 0 Å². The second kappa shape index (κ2) is 6.10. The molecule has 0 amide bonds. The predicted molar refractivity (Wildman–Crippen MR) is 91.6 cm³/mol. The second-order valence-electron chi connectivity index (χ2n) is 5.84. The molecule has 5 heteroatoms. The van der Waals surface area contributed by atoms with Gasteiger partial charge in [-0.1, -0.05) is 65.9 Å². The number of aromatic nitrogens is 2.